The molecular formula is C8H15N5. The van der Waals surface area contributed by atoms with E-state index in [9.17, 15) is 0 Å². The van der Waals surface area contributed by atoms with Crippen LogP contribution in [0, 0.1) is 0 Å². The molecular weight excluding hydrogens is 166 g/mol. The van der Waals surface area contributed by atoms with E-state index in [2.05, 4.69) is 20.9 Å². The Kier molecular flexibility index (Phi) is 2.56. The zero-order chi connectivity index (χ0) is 9.10. The number of rotatable bonds is 3. The van der Waals surface area contributed by atoms with E-state index in [1.54, 1.807) is 0 Å². The van der Waals surface area contributed by atoms with Crippen LogP contribution in [0.15, 0.2) is 6.20 Å². The van der Waals surface area contributed by atoms with E-state index in [4.69, 9.17) is 0 Å². The Morgan fingerprint density at radius 1 is 1.77 bits per heavy atom. The molecule has 1 saturated heterocycles. The maximum absolute atomic E-state index is 4.10. The van der Waals surface area contributed by atoms with Gasteiger partial charge in [-0.3, -0.25) is 0 Å². The fourth-order valence-corrected chi connectivity index (χ4v) is 1.62. The molecule has 1 fully saturated rings. The summed E-state index contributed by atoms with van der Waals surface area (Å²) >= 11 is 0. The number of hydrogen-bond acceptors (Lipinski definition) is 4. The van der Waals surface area contributed by atoms with Crippen molar-refractivity contribution in [1.82, 2.24) is 25.6 Å². The Balaban J connectivity index is 2.03. The smallest absolute Gasteiger partial charge is 0.0964 e. The first kappa shape index (κ1) is 8.65. The van der Waals surface area contributed by atoms with Crippen LogP contribution in [0.5, 0.6) is 0 Å². The molecule has 0 aromatic carbocycles. The average molecular weight is 181 g/mol. The minimum absolute atomic E-state index is 0.498. The molecule has 2 N–H and O–H groups in total. The SMILES string of the molecule is CNCc1cn([C@@H]2CCNC2)nn1. The summed E-state index contributed by atoms with van der Waals surface area (Å²) in [7, 11) is 1.91. The van der Waals surface area contributed by atoms with E-state index < -0.39 is 0 Å². The Morgan fingerprint density at radius 2 is 2.69 bits per heavy atom. The molecule has 0 bridgehead atoms. The molecule has 0 unspecified atom stereocenters. The number of nitrogens with zero attached hydrogens (tertiary/aromatic N) is 3. The normalized spacial score (nSPS) is 22.4. The van der Waals surface area contributed by atoms with Crippen LogP contribution in [-0.4, -0.2) is 35.1 Å². The second-order valence-electron chi connectivity index (χ2n) is 3.37. The average Bonchev–Trinajstić information content (AvgIpc) is 2.70. The highest BCUT2D eigenvalue weighted by Crippen LogP contribution is 2.13. The van der Waals surface area contributed by atoms with Crippen molar-refractivity contribution >= 4 is 0 Å². The summed E-state index contributed by atoms with van der Waals surface area (Å²) in [4.78, 5) is 0. The molecule has 13 heavy (non-hydrogen) atoms. The molecule has 1 aromatic heterocycles. The van der Waals surface area contributed by atoms with Crippen LogP contribution in [-0.2, 0) is 6.54 Å². The molecule has 1 aliphatic rings. The minimum Gasteiger partial charge on any atom is -0.315 e. The largest absolute Gasteiger partial charge is 0.315 e. The third-order valence-electron chi connectivity index (χ3n) is 2.32. The summed E-state index contributed by atoms with van der Waals surface area (Å²) in [6.45, 7) is 2.90. The zero-order valence-corrected chi connectivity index (χ0v) is 7.82. The van der Waals surface area contributed by atoms with Gasteiger partial charge < -0.3 is 10.6 Å². The van der Waals surface area contributed by atoms with Crippen molar-refractivity contribution in [2.45, 2.75) is 19.0 Å². The lowest BCUT2D eigenvalue weighted by Gasteiger charge is -2.05. The molecule has 0 spiro atoms. The van der Waals surface area contributed by atoms with E-state index in [1.165, 1.54) is 0 Å². The molecule has 1 aliphatic heterocycles. The summed E-state index contributed by atoms with van der Waals surface area (Å²) in [5.41, 5.74) is 1.01. The molecule has 1 aromatic rings. The lowest BCUT2D eigenvalue weighted by molar-refractivity contribution is 0.476. The van der Waals surface area contributed by atoms with Crippen molar-refractivity contribution in [3.63, 3.8) is 0 Å². The van der Waals surface area contributed by atoms with E-state index >= 15 is 0 Å². The predicted octanol–water partition coefficient (Wildman–Crippen LogP) is -0.468. The van der Waals surface area contributed by atoms with E-state index in [0.717, 1.165) is 31.7 Å². The first-order valence-electron chi connectivity index (χ1n) is 4.66. The van der Waals surface area contributed by atoms with Crippen LogP contribution in [0.2, 0.25) is 0 Å². The van der Waals surface area contributed by atoms with Crippen LogP contribution in [0.1, 0.15) is 18.2 Å². The van der Waals surface area contributed by atoms with Gasteiger partial charge in [0.15, 0.2) is 0 Å². The Labute approximate surface area is 77.5 Å². The van der Waals surface area contributed by atoms with Crippen molar-refractivity contribution in [1.29, 1.82) is 0 Å². The highest BCUT2D eigenvalue weighted by molar-refractivity contribution is 4.93. The van der Waals surface area contributed by atoms with Crippen molar-refractivity contribution in [3.8, 4) is 0 Å². The third-order valence-corrected chi connectivity index (χ3v) is 2.32. The molecule has 5 nitrogen and oxygen atoms in total. The van der Waals surface area contributed by atoms with Crippen molar-refractivity contribution in [2.24, 2.45) is 0 Å². The van der Waals surface area contributed by atoms with Gasteiger partial charge in [0.05, 0.1) is 17.9 Å². The standard InChI is InChI=1S/C8H15N5/c1-9-4-7-6-13(12-11-7)8-2-3-10-5-8/h6,8-10H,2-5H2,1H3/t8-/m1/s1. The summed E-state index contributed by atoms with van der Waals surface area (Å²) < 4.78 is 1.96. The number of hydrogen-bond donors (Lipinski definition) is 2. The molecule has 5 heteroatoms. The van der Waals surface area contributed by atoms with Crippen molar-refractivity contribution in [2.75, 3.05) is 20.1 Å². The maximum Gasteiger partial charge on any atom is 0.0964 e. The lowest BCUT2D eigenvalue weighted by atomic mass is 10.3. The van der Waals surface area contributed by atoms with Gasteiger partial charge in [-0.15, -0.1) is 5.10 Å². The van der Waals surface area contributed by atoms with Gasteiger partial charge in [0.25, 0.3) is 0 Å². The van der Waals surface area contributed by atoms with Gasteiger partial charge in [-0.2, -0.15) is 0 Å². The van der Waals surface area contributed by atoms with Crippen LogP contribution in [0.4, 0.5) is 0 Å². The molecule has 72 valence electrons. The molecule has 0 amide bonds. The fraction of sp³-hybridized carbons (Fsp3) is 0.750. The summed E-state index contributed by atoms with van der Waals surface area (Å²) in [5, 5.41) is 14.5. The summed E-state index contributed by atoms with van der Waals surface area (Å²) in [6.07, 6.45) is 3.18. The Bertz CT molecular complexity index is 263. The minimum atomic E-state index is 0.498. The van der Waals surface area contributed by atoms with Gasteiger partial charge in [0.2, 0.25) is 0 Å². The van der Waals surface area contributed by atoms with Crippen LogP contribution >= 0.6 is 0 Å². The van der Waals surface area contributed by atoms with Crippen LogP contribution < -0.4 is 10.6 Å². The topological polar surface area (TPSA) is 54.8 Å². The highest BCUT2D eigenvalue weighted by atomic mass is 15.4. The monoisotopic (exact) mass is 181 g/mol. The molecule has 2 heterocycles. The molecule has 1 atom stereocenters. The van der Waals surface area contributed by atoms with Gasteiger partial charge >= 0.3 is 0 Å². The van der Waals surface area contributed by atoms with E-state index in [1.807, 2.05) is 17.9 Å². The van der Waals surface area contributed by atoms with Crippen LogP contribution in [0.25, 0.3) is 0 Å². The van der Waals surface area contributed by atoms with Gasteiger partial charge in [-0.05, 0) is 20.0 Å². The first-order chi connectivity index (χ1) is 6.40. The van der Waals surface area contributed by atoms with Crippen molar-refractivity contribution in [3.05, 3.63) is 11.9 Å². The van der Waals surface area contributed by atoms with Gasteiger partial charge in [-0.1, -0.05) is 5.21 Å². The first-order valence-corrected chi connectivity index (χ1v) is 4.66. The number of aromatic nitrogens is 3. The highest BCUT2D eigenvalue weighted by Gasteiger charge is 2.17. The number of nitrogens with one attached hydrogen (secondary N) is 2. The lowest BCUT2D eigenvalue weighted by Crippen LogP contribution is -2.13. The quantitative estimate of drug-likeness (QED) is 0.662. The molecule has 2 rings (SSSR count). The van der Waals surface area contributed by atoms with Gasteiger partial charge in [0, 0.05) is 13.1 Å². The molecule has 0 saturated carbocycles. The third kappa shape index (κ3) is 1.87. The van der Waals surface area contributed by atoms with E-state index in [0.29, 0.717) is 6.04 Å². The Hall–Kier alpha value is -0.940. The maximum atomic E-state index is 4.10. The molecule has 0 aliphatic carbocycles. The predicted molar refractivity (Wildman–Crippen MR) is 49.3 cm³/mol. The summed E-state index contributed by atoms with van der Waals surface area (Å²) in [6, 6.07) is 0.498. The second kappa shape index (κ2) is 3.85. The van der Waals surface area contributed by atoms with Gasteiger partial charge in [0.1, 0.15) is 0 Å². The van der Waals surface area contributed by atoms with Crippen LogP contribution in [0.3, 0.4) is 0 Å². The Morgan fingerprint density at radius 3 is 3.38 bits per heavy atom. The van der Waals surface area contributed by atoms with E-state index in [-0.39, 0.29) is 0 Å². The van der Waals surface area contributed by atoms with Crippen molar-refractivity contribution < 1.29 is 0 Å². The summed E-state index contributed by atoms with van der Waals surface area (Å²) in [5.74, 6) is 0. The zero-order valence-electron chi connectivity index (χ0n) is 7.82. The van der Waals surface area contributed by atoms with Gasteiger partial charge in [-0.25, -0.2) is 4.68 Å². The fourth-order valence-electron chi connectivity index (χ4n) is 1.62. The second-order valence-corrected chi connectivity index (χ2v) is 3.37. The molecule has 0 radical (unpaired) electrons.